The topological polar surface area (TPSA) is 61.6 Å². The maximum absolute atomic E-state index is 11.5. The molecule has 1 aliphatic rings. The summed E-state index contributed by atoms with van der Waals surface area (Å²) in [6, 6.07) is 1.82. The number of hydrogen-bond donors (Lipinski definition) is 1. The molecule has 114 valence electrons. The summed E-state index contributed by atoms with van der Waals surface area (Å²) in [5.41, 5.74) is 9.09. The molecule has 0 aliphatic carbocycles. The van der Waals surface area contributed by atoms with Gasteiger partial charge in [-0.1, -0.05) is 5.56 Å². The van der Waals surface area contributed by atoms with Gasteiger partial charge in [0.1, 0.15) is 0 Å². The van der Waals surface area contributed by atoms with Gasteiger partial charge in [0.25, 0.3) is 0 Å². The highest BCUT2D eigenvalue weighted by molar-refractivity contribution is 6.63. The first kappa shape index (κ1) is 16.1. The molecule has 0 spiro atoms. The molecular formula is C16H24BNO3. The van der Waals surface area contributed by atoms with Gasteiger partial charge in [0.2, 0.25) is 5.91 Å². The third-order valence-electron chi connectivity index (χ3n) is 4.91. The second-order valence-corrected chi connectivity index (χ2v) is 6.86. The van der Waals surface area contributed by atoms with E-state index in [2.05, 4.69) is 0 Å². The molecular weight excluding hydrogens is 265 g/mol. The van der Waals surface area contributed by atoms with Crippen LogP contribution in [-0.2, 0) is 9.31 Å². The fraction of sp³-hybridized carbons (Fsp3) is 0.562. The van der Waals surface area contributed by atoms with Crippen molar-refractivity contribution >= 4 is 18.5 Å². The van der Waals surface area contributed by atoms with E-state index in [1.807, 2.05) is 54.5 Å². The molecule has 1 aliphatic heterocycles. The first-order chi connectivity index (χ1) is 9.48. The molecule has 1 heterocycles. The molecule has 4 nitrogen and oxygen atoms in total. The Kier molecular flexibility index (Phi) is 3.71. The predicted molar refractivity (Wildman–Crippen MR) is 84.9 cm³/mol. The van der Waals surface area contributed by atoms with E-state index < -0.39 is 13.0 Å². The zero-order valence-electron chi connectivity index (χ0n) is 14.0. The average Bonchev–Trinajstić information content (AvgIpc) is 2.52. The third-order valence-corrected chi connectivity index (χ3v) is 4.91. The van der Waals surface area contributed by atoms with Crippen molar-refractivity contribution in [3.05, 3.63) is 28.3 Å². The molecule has 21 heavy (non-hydrogen) atoms. The smallest absolute Gasteiger partial charge is 0.399 e. The molecule has 1 aromatic rings. The van der Waals surface area contributed by atoms with Crippen molar-refractivity contribution < 1.29 is 14.1 Å². The van der Waals surface area contributed by atoms with Crippen LogP contribution in [0.4, 0.5) is 0 Å². The number of carbonyl (C=O) groups excluding carboxylic acids is 1. The molecule has 5 heteroatoms. The largest absolute Gasteiger partial charge is 0.495 e. The van der Waals surface area contributed by atoms with Crippen LogP contribution >= 0.6 is 0 Å². The van der Waals surface area contributed by atoms with Crippen LogP contribution in [0.5, 0.6) is 0 Å². The molecule has 0 radical (unpaired) electrons. The number of nitrogens with two attached hydrogens (primary N) is 1. The summed E-state index contributed by atoms with van der Waals surface area (Å²) < 4.78 is 12.3. The van der Waals surface area contributed by atoms with Crippen molar-refractivity contribution in [2.24, 2.45) is 5.73 Å². The molecule has 2 rings (SSSR count). The van der Waals surface area contributed by atoms with E-state index in [-0.39, 0.29) is 11.2 Å². The van der Waals surface area contributed by atoms with E-state index in [4.69, 9.17) is 15.0 Å². The lowest BCUT2D eigenvalue weighted by atomic mass is 9.71. The highest BCUT2D eigenvalue weighted by Gasteiger charge is 2.52. The zero-order chi connectivity index (χ0) is 16.2. The summed E-state index contributed by atoms with van der Waals surface area (Å²) in [5, 5.41) is 0. The summed E-state index contributed by atoms with van der Waals surface area (Å²) in [5.74, 6) is -0.404. The van der Waals surface area contributed by atoms with Gasteiger partial charge in [-0.05, 0) is 71.1 Å². The van der Waals surface area contributed by atoms with E-state index in [9.17, 15) is 4.79 Å². The van der Waals surface area contributed by atoms with Crippen molar-refractivity contribution in [2.45, 2.75) is 59.7 Å². The predicted octanol–water partition coefficient (Wildman–Crippen LogP) is 2.01. The first-order valence-electron chi connectivity index (χ1n) is 7.24. The van der Waals surface area contributed by atoms with Gasteiger partial charge in [-0.3, -0.25) is 4.79 Å². The van der Waals surface area contributed by atoms with Crippen LogP contribution in [0.25, 0.3) is 0 Å². The van der Waals surface area contributed by atoms with E-state index in [1.165, 1.54) is 0 Å². The van der Waals surface area contributed by atoms with Gasteiger partial charge in [-0.25, -0.2) is 0 Å². The summed E-state index contributed by atoms with van der Waals surface area (Å²) in [7, 11) is -0.421. The second-order valence-electron chi connectivity index (χ2n) is 6.86. The Morgan fingerprint density at radius 3 is 1.95 bits per heavy atom. The number of primary amides is 1. The maximum atomic E-state index is 11.5. The zero-order valence-corrected chi connectivity index (χ0v) is 14.0. The minimum absolute atomic E-state index is 0.382. The van der Waals surface area contributed by atoms with Crippen LogP contribution in [0.15, 0.2) is 6.07 Å². The molecule has 1 aromatic carbocycles. The number of benzene rings is 1. The molecule has 2 N–H and O–H groups in total. The number of amides is 1. The average molecular weight is 289 g/mol. The minimum Gasteiger partial charge on any atom is -0.399 e. The monoisotopic (exact) mass is 289 g/mol. The minimum atomic E-state index is -0.421. The molecule has 0 atom stereocenters. The lowest BCUT2D eigenvalue weighted by molar-refractivity contribution is 0.00578. The molecule has 0 aromatic heterocycles. The lowest BCUT2D eigenvalue weighted by Gasteiger charge is -2.32. The van der Waals surface area contributed by atoms with Crippen LogP contribution in [0.3, 0.4) is 0 Å². The summed E-state index contributed by atoms with van der Waals surface area (Å²) in [6.07, 6.45) is 0. The lowest BCUT2D eigenvalue weighted by Crippen LogP contribution is -2.41. The summed E-state index contributed by atoms with van der Waals surface area (Å²) in [6.45, 7) is 14.0. The van der Waals surface area contributed by atoms with E-state index in [0.29, 0.717) is 5.56 Å². The molecule has 0 bridgehead atoms. The molecule has 1 saturated heterocycles. The molecule has 0 unspecified atom stereocenters. The highest BCUT2D eigenvalue weighted by atomic mass is 16.7. The van der Waals surface area contributed by atoms with Crippen LogP contribution in [0.2, 0.25) is 0 Å². The Labute approximate surface area is 127 Å². The van der Waals surface area contributed by atoms with Gasteiger partial charge >= 0.3 is 7.12 Å². The van der Waals surface area contributed by atoms with Gasteiger partial charge in [0.05, 0.1) is 11.2 Å². The fourth-order valence-electron chi connectivity index (χ4n) is 2.68. The number of rotatable bonds is 2. The van der Waals surface area contributed by atoms with E-state index >= 15 is 0 Å². The normalized spacial score (nSPS) is 19.9. The SMILES string of the molecule is Cc1cc(C(N)=O)c(C)c(C)c1B1OC(C)(C)C(C)(C)O1. The Morgan fingerprint density at radius 1 is 1.05 bits per heavy atom. The van der Waals surface area contributed by atoms with E-state index in [1.54, 1.807) is 0 Å². The van der Waals surface area contributed by atoms with Gasteiger partial charge in [0, 0.05) is 5.56 Å². The molecule has 1 fully saturated rings. The quantitative estimate of drug-likeness (QED) is 0.847. The summed E-state index contributed by atoms with van der Waals surface area (Å²) in [4.78, 5) is 11.5. The van der Waals surface area contributed by atoms with Crippen molar-refractivity contribution in [2.75, 3.05) is 0 Å². The van der Waals surface area contributed by atoms with Gasteiger partial charge < -0.3 is 15.0 Å². The second kappa shape index (κ2) is 4.85. The number of carbonyl (C=O) groups is 1. The number of aryl methyl sites for hydroxylation is 1. The first-order valence-corrected chi connectivity index (χ1v) is 7.24. The highest BCUT2D eigenvalue weighted by Crippen LogP contribution is 2.37. The molecule has 1 amide bonds. The van der Waals surface area contributed by atoms with Gasteiger partial charge in [-0.15, -0.1) is 0 Å². The van der Waals surface area contributed by atoms with Crippen LogP contribution in [0, 0.1) is 20.8 Å². The van der Waals surface area contributed by atoms with E-state index in [0.717, 1.165) is 22.2 Å². The standard InChI is InChI=1S/C16H24BNO3/c1-9-8-12(14(18)19)10(2)11(3)13(9)17-20-15(4,5)16(6,7)21-17/h8H,1-7H3,(H2,18,19). The van der Waals surface area contributed by atoms with Crippen LogP contribution in [-0.4, -0.2) is 24.2 Å². The Morgan fingerprint density at radius 2 is 1.52 bits per heavy atom. The van der Waals surface area contributed by atoms with Crippen molar-refractivity contribution in [3.63, 3.8) is 0 Å². The van der Waals surface area contributed by atoms with Crippen LogP contribution in [0.1, 0.15) is 54.7 Å². The maximum Gasteiger partial charge on any atom is 0.495 e. The Hall–Kier alpha value is -1.33. The van der Waals surface area contributed by atoms with Crippen molar-refractivity contribution in [3.8, 4) is 0 Å². The fourth-order valence-corrected chi connectivity index (χ4v) is 2.68. The van der Waals surface area contributed by atoms with Crippen molar-refractivity contribution in [1.29, 1.82) is 0 Å². The Balaban J connectivity index is 2.53. The third kappa shape index (κ3) is 2.49. The van der Waals surface area contributed by atoms with Gasteiger partial charge in [-0.2, -0.15) is 0 Å². The van der Waals surface area contributed by atoms with Gasteiger partial charge in [0.15, 0.2) is 0 Å². The van der Waals surface area contributed by atoms with Crippen LogP contribution < -0.4 is 11.2 Å². The molecule has 0 saturated carbocycles. The van der Waals surface area contributed by atoms with Crippen molar-refractivity contribution in [1.82, 2.24) is 0 Å². The number of hydrogen-bond acceptors (Lipinski definition) is 3. The Bertz CT molecular complexity index is 592. The summed E-state index contributed by atoms with van der Waals surface area (Å²) >= 11 is 0.